The maximum atomic E-state index is 13.6. The smallest absolute Gasteiger partial charge is 0.193 e. The van der Waals surface area contributed by atoms with Gasteiger partial charge in [-0.05, 0) is 74.3 Å². The molecule has 4 saturated carbocycles. The fourth-order valence-electron chi connectivity index (χ4n) is 9.89. The molecule has 0 bridgehead atoms. The van der Waals surface area contributed by atoms with Crippen molar-refractivity contribution in [3.05, 3.63) is 23.8 Å². The summed E-state index contributed by atoms with van der Waals surface area (Å²) in [7, 11) is 0. The Balaban J connectivity index is 1.37. The third kappa shape index (κ3) is 2.90. The molecule has 5 fully saturated rings. The molecule has 5 heteroatoms. The van der Waals surface area contributed by atoms with E-state index in [4.69, 9.17) is 9.47 Å². The molecule has 0 radical (unpaired) electrons. The number of fused-ring (bicyclic) bond motifs is 7. The van der Waals surface area contributed by atoms with E-state index in [0.29, 0.717) is 29.6 Å². The predicted molar refractivity (Wildman–Crippen MR) is 128 cm³/mol. The summed E-state index contributed by atoms with van der Waals surface area (Å²) in [6, 6.07) is 0. The summed E-state index contributed by atoms with van der Waals surface area (Å²) in [4.78, 5) is 25.7. The molecular formula is C29H40O5. The number of carbonyl (C=O) groups excluding carboxylic acids is 2. The number of rotatable bonds is 3. The van der Waals surface area contributed by atoms with Crippen LogP contribution < -0.4 is 0 Å². The van der Waals surface area contributed by atoms with Crippen LogP contribution in [0.15, 0.2) is 23.8 Å². The molecule has 0 amide bonds. The molecule has 1 aliphatic heterocycles. The van der Waals surface area contributed by atoms with Crippen molar-refractivity contribution in [1.82, 2.24) is 0 Å². The Morgan fingerprint density at radius 1 is 1.18 bits per heavy atom. The second kappa shape index (κ2) is 7.85. The van der Waals surface area contributed by atoms with E-state index in [2.05, 4.69) is 26.8 Å². The molecule has 5 aliphatic carbocycles. The summed E-state index contributed by atoms with van der Waals surface area (Å²) in [6.07, 6.45) is 14.8. The fourth-order valence-corrected chi connectivity index (χ4v) is 9.89. The van der Waals surface area contributed by atoms with Gasteiger partial charge in [0.2, 0.25) is 0 Å². The van der Waals surface area contributed by atoms with Crippen LogP contribution in [0.4, 0.5) is 0 Å². The number of Topliss-reactive ketones (excluding diaryl/α,β-unsaturated/α-hetero) is 1. The molecule has 1 saturated heterocycles. The number of aliphatic hydroxyl groups is 1. The highest BCUT2D eigenvalue weighted by Gasteiger charge is 2.75. The first-order valence-electron chi connectivity index (χ1n) is 13.7. The number of aliphatic hydroxyl groups excluding tert-OH is 1. The molecule has 1 heterocycles. The maximum absolute atomic E-state index is 13.6. The summed E-state index contributed by atoms with van der Waals surface area (Å²) in [6.45, 7) is 6.42. The Morgan fingerprint density at radius 2 is 1.94 bits per heavy atom. The summed E-state index contributed by atoms with van der Waals surface area (Å²) in [5.41, 5.74) is -0.215. The third-order valence-electron chi connectivity index (χ3n) is 11.2. The molecule has 186 valence electrons. The highest BCUT2D eigenvalue weighted by molar-refractivity contribution is 6.01. The molecule has 6 rings (SSSR count). The number of hydrogen-bond acceptors (Lipinski definition) is 5. The van der Waals surface area contributed by atoms with Gasteiger partial charge in [-0.15, -0.1) is 0 Å². The van der Waals surface area contributed by atoms with E-state index in [1.807, 2.05) is 6.08 Å². The van der Waals surface area contributed by atoms with Crippen LogP contribution in [0.2, 0.25) is 0 Å². The van der Waals surface area contributed by atoms with Gasteiger partial charge in [0.25, 0.3) is 0 Å². The topological polar surface area (TPSA) is 72.8 Å². The summed E-state index contributed by atoms with van der Waals surface area (Å²) < 4.78 is 13.5. The first kappa shape index (κ1) is 23.1. The average molecular weight is 469 g/mol. The van der Waals surface area contributed by atoms with Crippen molar-refractivity contribution in [2.24, 2.45) is 40.4 Å². The molecule has 5 nitrogen and oxygen atoms in total. The zero-order valence-electron chi connectivity index (χ0n) is 20.9. The SMILES string of the molecule is CC1C[C@@]2(C)[C@@H](C[C@H]3O[C@@H](C4CCCCC4)O[C@]32C(=O)CO)C2CCC3=CC(=O)C=C[C@]3(C)[C@@H]12. The van der Waals surface area contributed by atoms with Gasteiger partial charge < -0.3 is 14.6 Å². The van der Waals surface area contributed by atoms with Gasteiger partial charge in [-0.1, -0.05) is 51.7 Å². The highest BCUT2D eigenvalue weighted by Crippen LogP contribution is 2.71. The third-order valence-corrected chi connectivity index (χ3v) is 11.2. The van der Waals surface area contributed by atoms with Gasteiger partial charge in [0.05, 0.1) is 6.10 Å². The lowest BCUT2D eigenvalue weighted by Crippen LogP contribution is -2.62. The Morgan fingerprint density at radius 3 is 2.68 bits per heavy atom. The molecule has 9 atom stereocenters. The summed E-state index contributed by atoms with van der Waals surface area (Å²) in [5.74, 6) is 1.84. The van der Waals surface area contributed by atoms with Crippen molar-refractivity contribution in [3.63, 3.8) is 0 Å². The first-order valence-corrected chi connectivity index (χ1v) is 13.7. The normalized spacial score (nSPS) is 50.2. The minimum absolute atomic E-state index is 0.101. The maximum Gasteiger partial charge on any atom is 0.193 e. The Kier molecular flexibility index (Phi) is 5.34. The largest absolute Gasteiger partial charge is 0.388 e. The lowest BCUT2D eigenvalue weighted by molar-refractivity contribution is -0.202. The zero-order valence-corrected chi connectivity index (χ0v) is 20.9. The summed E-state index contributed by atoms with van der Waals surface area (Å²) in [5, 5.41) is 10.1. The molecule has 0 aromatic carbocycles. The molecule has 0 spiro atoms. The van der Waals surface area contributed by atoms with Crippen LogP contribution in [-0.4, -0.2) is 41.3 Å². The van der Waals surface area contributed by atoms with E-state index < -0.39 is 12.2 Å². The second-order valence-corrected chi connectivity index (χ2v) is 12.7. The van der Waals surface area contributed by atoms with Crippen molar-refractivity contribution in [1.29, 1.82) is 0 Å². The predicted octanol–water partition coefficient (Wildman–Crippen LogP) is 4.77. The average Bonchev–Trinajstić information content (AvgIpc) is 3.32. The Bertz CT molecular complexity index is 946. The Labute approximate surface area is 203 Å². The second-order valence-electron chi connectivity index (χ2n) is 12.7. The van der Waals surface area contributed by atoms with Crippen molar-refractivity contribution in [3.8, 4) is 0 Å². The monoisotopic (exact) mass is 468 g/mol. The van der Waals surface area contributed by atoms with Crippen molar-refractivity contribution >= 4 is 11.6 Å². The lowest BCUT2D eigenvalue weighted by Gasteiger charge is -2.60. The number of hydrogen-bond donors (Lipinski definition) is 1. The molecule has 1 N–H and O–H groups in total. The zero-order chi connectivity index (χ0) is 23.9. The van der Waals surface area contributed by atoms with Crippen molar-refractivity contribution in [2.45, 2.75) is 96.6 Å². The van der Waals surface area contributed by atoms with Gasteiger partial charge in [0.1, 0.15) is 6.61 Å². The van der Waals surface area contributed by atoms with Crippen molar-refractivity contribution in [2.75, 3.05) is 6.61 Å². The van der Waals surface area contributed by atoms with Crippen LogP contribution in [0.25, 0.3) is 0 Å². The van der Waals surface area contributed by atoms with E-state index in [0.717, 1.165) is 38.5 Å². The van der Waals surface area contributed by atoms with Crippen LogP contribution in [-0.2, 0) is 19.1 Å². The highest BCUT2D eigenvalue weighted by atomic mass is 16.7. The van der Waals surface area contributed by atoms with Gasteiger partial charge in [0, 0.05) is 16.7 Å². The molecule has 34 heavy (non-hydrogen) atoms. The van der Waals surface area contributed by atoms with E-state index >= 15 is 0 Å². The number of allylic oxidation sites excluding steroid dienone is 4. The van der Waals surface area contributed by atoms with E-state index in [1.54, 1.807) is 6.08 Å². The minimum atomic E-state index is -1.04. The Hall–Kier alpha value is -1.30. The molecule has 0 aromatic rings. The van der Waals surface area contributed by atoms with Gasteiger partial charge in [-0.25, -0.2) is 0 Å². The van der Waals surface area contributed by atoms with Crippen LogP contribution in [0.5, 0.6) is 0 Å². The number of ether oxygens (including phenoxy) is 2. The quantitative estimate of drug-likeness (QED) is 0.646. The standard InChI is InChI=1S/C29H40O5/c1-17-15-28(3)22(21-10-9-19-13-20(31)11-12-27(19,2)25(17)21)14-24-29(28,23(32)16-30)34-26(33-24)18-7-5-4-6-8-18/h11-13,17-18,21-22,24-26,30H,4-10,14-16H2,1-3H3/t17?,21?,22-,24+,25-,26+,27-,28-,29+/m0/s1. The molecule has 2 unspecified atom stereocenters. The van der Waals surface area contributed by atoms with Gasteiger partial charge in [-0.3, -0.25) is 9.59 Å². The molecule has 6 aliphatic rings. The van der Waals surface area contributed by atoms with Crippen LogP contribution in [0.3, 0.4) is 0 Å². The van der Waals surface area contributed by atoms with Gasteiger partial charge >= 0.3 is 0 Å². The number of ketones is 2. The van der Waals surface area contributed by atoms with E-state index in [1.165, 1.54) is 24.8 Å². The lowest BCUT2D eigenvalue weighted by atomic mass is 9.44. The van der Waals surface area contributed by atoms with Crippen molar-refractivity contribution < 1.29 is 24.2 Å². The van der Waals surface area contributed by atoms with E-state index in [-0.39, 0.29) is 34.8 Å². The summed E-state index contributed by atoms with van der Waals surface area (Å²) >= 11 is 0. The van der Waals surface area contributed by atoms with E-state index in [9.17, 15) is 14.7 Å². The fraction of sp³-hybridized carbons (Fsp3) is 0.793. The van der Waals surface area contributed by atoms with Gasteiger partial charge in [-0.2, -0.15) is 0 Å². The minimum Gasteiger partial charge on any atom is -0.388 e. The van der Waals surface area contributed by atoms with Gasteiger partial charge in [0.15, 0.2) is 23.5 Å². The molecule has 0 aromatic heterocycles. The first-order chi connectivity index (χ1) is 16.2. The number of carbonyl (C=O) groups is 2. The van der Waals surface area contributed by atoms with Crippen LogP contribution >= 0.6 is 0 Å². The molecular weight excluding hydrogens is 428 g/mol. The van der Waals surface area contributed by atoms with Crippen LogP contribution in [0.1, 0.15) is 78.6 Å². The van der Waals surface area contributed by atoms with Crippen LogP contribution in [0, 0.1) is 40.4 Å².